The molecule has 0 aliphatic rings. The third-order valence-corrected chi connectivity index (χ3v) is 2.13. The number of nitrogens with zero attached hydrogens (tertiary/aromatic N) is 2. The first-order chi connectivity index (χ1) is 6.02. The zero-order chi connectivity index (χ0) is 10.0. The molecule has 0 N–H and O–H groups in total. The minimum atomic E-state index is 0.195. The molecule has 3 heteroatoms. The van der Waals surface area contributed by atoms with Gasteiger partial charge in [0.15, 0.2) is 5.78 Å². The van der Waals surface area contributed by atoms with Gasteiger partial charge >= 0.3 is 0 Å². The van der Waals surface area contributed by atoms with Crippen LogP contribution in [0, 0.1) is 12.8 Å². The molecule has 0 spiro atoms. The molecule has 0 atom stereocenters. The Bertz CT molecular complexity index is 313. The van der Waals surface area contributed by atoms with E-state index < -0.39 is 0 Å². The van der Waals surface area contributed by atoms with Gasteiger partial charge < -0.3 is 0 Å². The molecule has 0 radical (unpaired) electrons. The number of aromatic nitrogens is 2. The third-order valence-electron chi connectivity index (χ3n) is 2.13. The van der Waals surface area contributed by atoms with E-state index >= 15 is 0 Å². The van der Waals surface area contributed by atoms with Crippen LogP contribution in [0.4, 0.5) is 0 Å². The van der Waals surface area contributed by atoms with Crippen molar-refractivity contribution in [3.63, 3.8) is 0 Å². The lowest BCUT2D eigenvalue weighted by molar-refractivity contribution is 0.0967. The second-order valence-corrected chi connectivity index (χ2v) is 3.79. The molecule has 0 fully saturated rings. The Morgan fingerprint density at radius 1 is 1.62 bits per heavy atom. The summed E-state index contributed by atoms with van der Waals surface area (Å²) in [6.45, 7) is 6.01. The van der Waals surface area contributed by atoms with E-state index in [9.17, 15) is 4.79 Å². The Hall–Kier alpha value is -1.12. The summed E-state index contributed by atoms with van der Waals surface area (Å²) in [5.41, 5.74) is 1.71. The number of carbonyl (C=O) groups excluding carboxylic acids is 1. The highest BCUT2D eigenvalue weighted by Crippen LogP contribution is 2.12. The van der Waals surface area contributed by atoms with Crippen LogP contribution in [0.25, 0.3) is 0 Å². The first-order valence-electron chi connectivity index (χ1n) is 4.54. The van der Waals surface area contributed by atoms with E-state index in [0.717, 1.165) is 11.3 Å². The fourth-order valence-electron chi connectivity index (χ4n) is 1.25. The van der Waals surface area contributed by atoms with Crippen LogP contribution in [0.2, 0.25) is 0 Å². The second-order valence-electron chi connectivity index (χ2n) is 3.79. The zero-order valence-electron chi connectivity index (χ0n) is 8.66. The molecule has 1 heterocycles. The second kappa shape index (κ2) is 3.73. The maximum absolute atomic E-state index is 11.6. The molecular formula is C10H16N2O. The minimum absolute atomic E-state index is 0.195. The molecule has 1 aromatic heterocycles. The molecule has 0 aliphatic carbocycles. The molecule has 0 unspecified atom stereocenters. The monoisotopic (exact) mass is 180 g/mol. The summed E-state index contributed by atoms with van der Waals surface area (Å²) >= 11 is 0. The Morgan fingerprint density at radius 2 is 2.23 bits per heavy atom. The Kier molecular flexibility index (Phi) is 2.86. The smallest absolute Gasteiger partial charge is 0.166 e. The number of aryl methyl sites for hydroxylation is 1. The van der Waals surface area contributed by atoms with E-state index in [1.807, 2.05) is 27.8 Å². The van der Waals surface area contributed by atoms with Gasteiger partial charge in [-0.05, 0) is 12.8 Å². The molecular weight excluding hydrogens is 164 g/mol. The number of hydrogen-bond acceptors (Lipinski definition) is 2. The molecule has 0 saturated heterocycles. The Morgan fingerprint density at radius 3 is 2.62 bits per heavy atom. The predicted molar refractivity (Wildman–Crippen MR) is 51.7 cm³/mol. The van der Waals surface area contributed by atoms with Crippen LogP contribution in [0.5, 0.6) is 0 Å². The van der Waals surface area contributed by atoms with Crippen molar-refractivity contribution in [2.45, 2.75) is 27.2 Å². The highest BCUT2D eigenvalue weighted by atomic mass is 16.1. The van der Waals surface area contributed by atoms with Gasteiger partial charge in [-0.25, -0.2) is 0 Å². The molecule has 3 nitrogen and oxygen atoms in total. The van der Waals surface area contributed by atoms with Crippen molar-refractivity contribution in [1.82, 2.24) is 9.78 Å². The molecule has 0 saturated carbocycles. The zero-order valence-corrected chi connectivity index (χ0v) is 8.66. The maximum atomic E-state index is 11.6. The predicted octanol–water partition coefficient (Wildman–Crippen LogP) is 1.96. The number of ketones is 1. The fourth-order valence-corrected chi connectivity index (χ4v) is 1.25. The van der Waals surface area contributed by atoms with E-state index in [1.165, 1.54) is 0 Å². The van der Waals surface area contributed by atoms with Gasteiger partial charge in [-0.15, -0.1) is 0 Å². The van der Waals surface area contributed by atoms with Crippen molar-refractivity contribution in [1.29, 1.82) is 0 Å². The van der Waals surface area contributed by atoms with Gasteiger partial charge in [0.2, 0.25) is 0 Å². The summed E-state index contributed by atoms with van der Waals surface area (Å²) in [6, 6.07) is 0. The SMILES string of the molecule is Cc1c(C(=O)CC(C)C)cnn1C. The highest BCUT2D eigenvalue weighted by molar-refractivity contribution is 5.96. The Balaban J connectivity index is 2.83. The van der Waals surface area contributed by atoms with Gasteiger partial charge in [-0.1, -0.05) is 13.8 Å². The summed E-state index contributed by atoms with van der Waals surface area (Å²) in [4.78, 5) is 11.6. The number of hydrogen-bond donors (Lipinski definition) is 0. The first kappa shape index (κ1) is 9.96. The third kappa shape index (κ3) is 2.17. The van der Waals surface area contributed by atoms with Crippen LogP contribution in [0.3, 0.4) is 0 Å². The standard InChI is InChI=1S/C10H16N2O/c1-7(2)5-10(13)9-6-11-12(4)8(9)3/h6-7H,5H2,1-4H3. The van der Waals surface area contributed by atoms with Crippen molar-refractivity contribution in [3.05, 3.63) is 17.5 Å². The summed E-state index contributed by atoms with van der Waals surface area (Å²) in [5.74, 6) is 0.604. The summed E-state index contributed by atoms with van der Waals surface area (Å²) < 4.78 is 1.73. The minimum Gasteiger partial charge on any atom is -0.294 e. The molecule has 72 valence electrons. The highest BCUT2D eigenvalue weighted by Gasteiger charge is 2.13. The van der Waals surface area contributed by atoms with Gasteiger partial charge in [0, 0.05) is 19.2 Å². The molecule has 0 amide bonds. The molecule has 1 rings (SSSR count). The molecule has 13 heavy (non-hydrogen) atoms. The largest absolute Gasteiger partial charge is 0.294 e. The van der Waals surface area contributed by atoms with E-state index in [4.69, 9.17) is 0 Å². The molecule has 1 aromatic rings. The average molecular weight is 180 g/mol. The van der Waals surface area contributed by atoms with Crippen LogP contribution in [0.15, 0.2) is 6.20 Å². The van der Waals surface area contributed by atoms with Gasteiger partial charge in [0.25, 0.3) is 0 Å². The van der Waals surface area contributed by atoms with Crippen LogP contribution < -0.4 is 0 Å². The summed E-state index contributed by atoms with van der Waals surface area (Å²) in [7, 11) is 1.85. The van der Waals surface area contributed by atoms with Gasteiger partial charge in [0.05, 0.1) is 11.8 Å². The number of carbonyl (C=O) groups is 1. The van der Waals surface area contributed by atoms with Crippen molar-refractivity contribution in [2.24, 2.45) is 13.0 Å². The average Bonchev–Trinajstić information content (AvgIpc) is 2.31. The van der Waals surface area contributed by atoms with Crippen LogP contribution in [-0.2, 0) is 7.05 Å². The fraction of sp³-hybridized carbons (Fsp3) is 0.600. The van der Waals surface area contributed by atoms with Crippen molar-refractivity contribution >= 4 is 5.78 Å². The van der Waals surface area contributed by atoms with E-state index in [2.05, 4.69) is 5.10 Å². The Labute approximate surface area is 78.8 Å². The number of rotatable bonds is 3. The lowest BCUT2D eigenvalue weighted by atomic mass is 10.0. The van der Waals surface area contributed by atoms with Gasteiger partial charge in [0.1, 0.15) is 0 Å². The van der Waals surface area contributed by atoms with Crippen LogP contribution in [-0.4, -0.2) is 15.6 Å². The van der Waals surface area contributed by atoms with E-state index in [1.54, 1.807) is 10.9 Å². The summed E-state index contributed by atoms with van der Waals surface area (Å²) in [6.07, 6.45) is 2.26. The maximum Gasteiger partial charge on any atom is 0.166 e. The van der Waals surface area contributed by atoms with Crippen LogP contribution in [0.1, 0.15) is 36.3 Å². The van der Waals surface area contributed by atoms with Gasteiger partial charge in [-0.2, -0.15) is 5.10 Å². The van der Waals surface area contributed by atoms with Crippen LogP contribution >= 0.6 is 0 Å². The lowest BCUT2D eigenvalue weighted by Gasteiger charge is -2.02. The van der Waals surface area contributed by atoms with Crippen molar-refractivity contribution in [2.75, 3.05) is 0 Å². The molecule has 0 bridgehead atoms. The van der Waals surface area contributed by atoms with Crippen molar-refractivity contribution in [3.8, 4) is 0 Å². The topological polar surface area (TPSA) is 34.9 Å². The van der Waals surface area contributed by atoms with Crippen molar-refractivity contribution < 1.29 is 4.79 Å². The van der Waals surface area contributed by atoms with E-state index in [-0.39, 0.29) is 5.78 Å². The summed E-state index contributed by atoms with van der Waals surface area (Å²) in [5, 5.41) is 4.04. The lowest BCUT2D eigenvalue weighted by Crippen LogP contribution is -2.05. The van der Waals surface area contributed by atoms with Gasteiger partial charge in [-0.3, -0.25) is 9.48 Å². The van der Waals surface area contributed by atoms with E-state index in [0.29, 0.717) is 12.3 Å². The first-order valence-corrected chi connectivity index (χ1v) is 4.54. The molecule has 0 aromatic carbocycles. The quantitative estimate of drug-likeness (QED) is 0.666. The molecule has 0 aliphatic heterocycles. The normalized spacial score (nSPS) is 10.8. The number of Topliss-reactive ketones (excluding diaryl/α,β-unsaturated/α-hetero) is 1.